The second-order valence-electron chi connectivity index (χ2n) is 13.4. The molecule has 230 valence electrons. The second kappa shape index (κ2) is 10.9. The SMILES string of the molecule is Cc1cc(C)cc(-c2ccc(-n3c4ccccc4c4cc(-c5ccc6c7ccccc7n(-c7cc(C)cc(C)c7)c6c5)ccc43)cc2)c1. The summed E-state index contributed by atoms with van der Waals surface area (Å²) in [5, 5.41) is 5.07. The largest absolute Gasteiger partial charge is 0.309 e. The number of para-hydroxylation sites is 2. The van der Waals surface area contributed by atoms with E-state index >= 15 is 0 Å². The van der Waals surface area contributed by atoms with Crippen LogP contribution in [0.5, 0.6) is 0 Å². The minimum Gasteiger partial charge on any atom is -0.309 e. The van der Waals surface area contributed by atoms with E-state index in [1.807, 2.05) is 0 Å². The Hall–Kier alpha value is -5.86. The quantitative estimate of drug-likeness (QED) is 0.186. The highest BCUT2D eigenvalue weighted by atomic mass is 15.0. The highest BCUT2D eigenvalue weighted by Crippen LogP contribution is 2.38. The summed E-state index contributed by atoms with van der Waals surface area (Å²) in [5.41, 5.74) is 17.3. The van der Waals surface area contributed by atoms with Crippen molar-refractivity contribution in [3.8, 4) is 33.6 Å². The molecule has 7 aromatic carbocycles. The molecule has 0 spiro atoms. The van der Waals surface area contributed by atoms with Gasteiger partial charge in [0.25, 0.3) is 0 Å². The average Bonchev–Trinajstić information content (AvgIpc) is 3.60. The van der Waals surface area contributed by atoms with Crippen LogP contribution < -0.4 is 0 Å². The predicted molar refractivity (Wildman–Crippen MR) is 205 cm³/mol. The fourth-order valence-electron chi connectivity index (χ4n) is 7.88. The smallest absolute Gasteiger partial charge is 0.0547 e. The first-order valence-corrected chi connectivity index (χ1v) is 16.8. The van der Waals surface area contributed by atoms with E-state index in [0.29, 0.717) is 0 Å². The Morgan fingerprint density at radius 3 is 1.44 bits per heavy atom. The standard InChI is InChI=1S/C46H36N2/c1-29-21-30(2)24-36(23-29)33-13-17-37(18-14-33)47-44-12-8-6-10-40(44)42-27-34(16-20-45(42)47)35-15-19-41-39-9-5-7-11-43(39)48(46(41)28-35)38-25-31(3)22-32(4)26-38/h5-28H,1-4H3. The average molecular weight is 617 g/mol. The molecule has 0 atom stereocenters. The van der Waals surface area contributed by atoms with Crippen molar-refractivity contribution >= 4 is 43.6 Å². The van der Waals surface area contributed by atoms with E-state index in [9.17, 15) is 0 Å². The first kappa shape index (κ1) is 28.4. The minimum atomic E-state index is 1.17. The molecule has 0 unspecified atom stereocenters. The van der Waals surface area contributed by atoms with Gasteiger partial charge < -0.3 is 9.13 Å². The normalized spacial score (nSPS) is 11.8. The van der Waals surface area contributed by atoms with E-state index in [1.165, 1.54) is 99.5 Å². The third-order valence-electron chi connectivity index (χ3n) is 9.82. The number of aromatic nitrogens is 2. The molecule has 0 amide bonds. The molecule has 0 aliphatic rings. The van der Waals surface area contributed by atoms with E-state index < -0.39 is 0 Å². The summed E-state index contributed by atoms with van der Waals surface area (Å²) in [4.78, 5) is 0. The van der Waals surface area contributed by atoms with E-state index in [-0.39, 0.29) is 0 Å². The first-order chi connectivity index (χ1) is 23.4. The summed E-state index contributed by atoms with van der Waals surface area (Å²) in [6.45, 7) is 8.70. The van der Waals surface area contributed by atoms with Crippen molar-refractivity contribution in [3.63, 3.8) is 0 Å². The zero-order valence-electron chi connectivity index (χ0n) is 27.8. The molecule has 9 rings (SSSR count). The van der Waals surface area contributed by atoms with Gasteiger partial charge in [-0.3, -0.25) is 0 Å². The zero-order valence-corrected chi connectivity index (χ0v) is 27.8. The van der Waals surface area contributed by atoms with Crippen LogP contribution in [0, 0.1) is 27.7 Å². The van der Waals surface area contributed by atoms with Gasteiger partial charge in [0.1, 0.15) is 0 Å². The number of benzene rings is 7. The molecule has 0 saturated heterocycles. The number of rotatable bonds is 4. The lowest BCUT2D eigenvalue weighted by molar-refractivity contribution is 1.16. The summed E-state index contributed by atoms with van der Waals surface area (Å²) < 4.78 is 4.83. The van der Waals surface area contributed by atoms with Gasteiger partial charge in [0.2, 0.25) is 0 Å². The molecular weight excluding hydrogens is 581 g/mol. The number of fused-ring (bicyclic) bond motifs is 6. The maximum absolute atomic E-state index is 2.43. The number of nitrogens with zero attached hydrogens (tertiary/aromatic N) is 2. The van der Waals surface area contributed by atoms with Gasteiger partial charge in [-0.15, -0.1) is 0 Å². The predicted octanol–water partition coefficient (Wildman–Crippen LogP) is 12.4. The Kier molecular flexibility index (Phi) is 6.42. The van der Waals surface area contributed by atoms with Crippen LogP contribution in [0.15, 0.2) is 146 Å². The van der Waals surface area contributed by atoms with Crippen molar-refractivity contribution in [3.05, 3.63) is 168 Å². The highest BCUT2D eigenvalue weighted by molar-refractivity contribution is 6.12. The first-order valence-electron chi connectivity index (χ1n) is 16.8. The second-order valence-corrected chi connectivity index (χ2v) is 13.4. The molecule has 0 fully saturated rings. The van der Waals surface area contributed by atoms with Crippen molar-refractivity contribution in [1.82, 2.24) is 9.13 Å². The third-order valence-corrected chi connectivity index (χ3v) is 9.82. The van der Waals surface area contributed by atoms with Gasteiger partial charge in [0, 0.05) is 32.9 Å². The van der Waals surface area contributed by atoms with Crippen molar-refractivity contribution in [2.75, 3.05) is 0 Å². The van der Waals surface area contributed by atoms with Gasteiger partial charge in [-0.1, -0.05) is 102 Å². The fraction of sp³-hybridized carbons (Fsp3) is 0.0870. The molecule has 2 aromatic heterocycles. The summed E-state index contributed by atoms with van der Waals surface area (Å²) in [6, 6.07) is 54.1. The Balaban J connectivity index is 1.20. The lowest BCUT2D eigenvalue weighted by Gasteiger charge is -2.12. The molecular formula is C46H36N2. The van der Waals surface area contributed by atoms with Crippen molar-refractivity contribution in [1.29, 1.82) is 0 Å². The van der Waals surface area contributed by atoms with Gasteiger partial charge in [-0.05, 0) is 116 Å². The van der Waals surface area contributed by atoms with Crippen LogP contribution in [0.3, 0.4) is 0 Å². The topological polar surface area (TPSA) is 9.86 Å². The minimum absolute atomic E-state index is 1.17. The van der Waals surface area contributed by atoms with Gasteiger partial charge in [-0.2, -0.15) is 0 Å². The molecule has 0 saturated carbocycles. The summed E-state index contributed by atoms with van der Waals surface area (Å²) in [7, 11) is 0. The van der Waals surface area contributed by atoms with Crippen LogP contribution in [-0.4, -0.2) is 9.13 Å². The van der Waals surface area contributed by atoms with E-state index in [1.54, 1.807) is 0 Å². The molecule has 48 heavy (non-hydrogen) atoms. The Morgan fingerprint density at radius 2 is 0.771 bits per heavy atom. The van der Waals surface area contributed by atoms with Gasteiger partial charge in [0.15, 0.2) is 0 Å². The molecule has 2 nitrogen and oxygen atoms in total. The van der Waals surface area contributed by atoms with Crippen LogP contribution in [-0.2, 0) is 0 Å². The van der Waals surface area contributed by atoms with Crippen LogP contribution in [0.2, 0.25) is 0 Å². The van der Waals surface area contributed by atoms with Crippen LogP contribution in [0.1, 0.15) is 22.3 Å². The molecule has 2 heterocycles. The third kappa shape index (κ3) is 4.56. The highest BCUT2D eigenvalue weighted by Gasteiger charge is 2.16. The molecule has 0 bridgehead atoms. The van der Waals surface area contributed by atoms with Gasteiger partial charge in [0.05, 0.1) is 22.1 Å². The summed E-state index contributed by atoms with van der Waals surface area (Å²) >= 11 is 0. The number of aryl methyl sites for hydroxylation is 4. The van der Waals surface area contributed by atoms with Gasteiger partial charge >= 0.3 is 0 Å². The van der Waals surface area contributed by atoms with Crippen molar-refractivity contribution in [2.24, 2.45) is 0 Å². The lowest BCUT2D eigenvalue weighted by atomic mass is 10.0. The summed E-state index contributed by atoms with van der Waals surface area (Å²) in [5.74, 6) is 0. The zero-order chi connectivity index (χ0) is 32.5. The maximum atomic E-state index is 2.43. The van der Waals surface area contributed by atoms with E-state index in [0.717, 1.165) is 0 Å². The van der Waals surface area contributed by atoms with Crippen LogP contribution in [0.4, 0.5) is 0 Å². The van der Waals surface area contributed by atoms with E-state index in [2.05, 4.69) is 182 Å². The Labute approximate surface area is 281 Å². The fourth-order valence-corrected chi connectivity index (χ4v) is 7.88. The molecule has 2 heteroatoms. The molecule has 0 aliphatic heterocycles. The van der Waals surface area contributed by atoms with Crippen molar-refractivity contribution in [2.45, 2.75) is 27.7 Å². The van der Waals surface area contributed by atoms with Crippen LogP contribution >= 0.6 is 0 Å². The number of hydrogen-bond donors (Lipinski definition) is 0. The van der Waals surface area contributed by atoms with Crippen LogP contribution in [0.25, 0.3) is 77.2 Å². The molecule has 0 N–H and O–H groups in total. The summed E-state index contributed by atoms with van der Waals surface area (Å²) in [6.07, 6.45) is 0. The van der Waals surface area contributed by atoms with E-state index in [4.69, 9.17) is 0 Å². The molecule has 0 aliphatic carbocycles. The molecule has 9 aromatic rings. The lowest BCUT2D eigenvalue weighted by Crippen LogP contribution is -1.95. The monoisotopic (exact) mass is 616 g/mol. The number of hydrogen-bond acceptors (Lipinski definition) is 0. The Morgan fingerprint density at radius 1 is 0.292 bits per heavy atom. The molecule has 0 radical (unpaired) electrons. The van der Waals surface area contributed by atoms with Crippen molar-refractivity contribution < 1.29 is 0 Å². The Bertz CT molecular complexity index is 2660. The maximum Gasteiger partial charge on any atom is 0.0547 e. The van der Waals surface area contributed by atoms with Gasteiger partial charge in [-0.25, -0.2) is 0 Å².